The molecule has 0 amide bonds. The van der Waals surface area contributed by atoms with Gasteiger partial charge in [0.15, 0.2) is 17.2 Å². The van der Waals surface area contributed by atoms with Crippen LogP contribution in [0.4, 0.5) is 11.4 Å². The van der Waals surface area contributed by atoms with Crippen molar-refractivity contribution in [2.75, 3.05) is 5.32 Å². The van der Waals surface area contributed by atoms with Gasteiger partial charge < -0.3 is 30.8 Å². The predicted molar refractivity (Wildman–Crippen MR) is 69.8 cm³/mol. The van der Waals surface area contributed by atoms with Gasteiger partial charge in [0.05, 0.1) is 11.3 Å². The number of phenols is 4. The van der Waals surface area contributed by atoms with Crippen molar-refractivity contribution in [1.29, 1.82) is 0 Å². The summed E-state index contributed by atoms with van der Waals surface area (Å²) in [6.45, 7) is 0. The van der Waals surface area contributed by atoms with E-state index in [9.17, 15) is 25.2 Å². The highest BCUT2D eigenvalue weighted by Gasteiger charge is 2.13. The van der Waals surface area contributed by atoms with E-state index in [0.717, 1.165) is 18.2 Å². The Kier molecular flexibility index (Phi) is 3.26. The molecular formula is C13H11NO6. The van der Waals surface area contributed by atoms with Crippen LogP contribution in [0.5, 0.6) is 23.0 Å². The van der Waals surface area contributed by atoms with Crippen molar-refractivity contribution in [2.24, 2.45) is 0 Å². The van der Waals surface area contributed by atoms with Gasteiger partial charge in [-0.05, 0) is 18.2 Å². The zero-order valence-electron chi connectivity index (χ0n) is 10.0. The molecule has 0 aliphatic rings. The molecule has 104 valence electrons. The van der Waals surface area contributed by atoms with Crippen molar-refractivity contribution in [3.63, 3.8) is 0 Å². The number of aromatic hydroxyl groups is 4. The summed E-state index contributed by atoms with van der Waals surface area (Å²) in [5.41, 5.74) is 0.142. The molecule has 0 unspecified atom stereocenters. The molecule has 20 heavy (non-hydrogen) atoms. The fourth-order valence-corrected chi connectivity index (χ4v) is 1.65. The molecule has 0 bridgehead atoms. The number of nitrogens with one attached hydrogen (secondary N) is 1. The van der Waals surface area contributed by atoms with Gasteiger partial charge in [0, 0.05) is 17.8 Å². The van der Waals surface area contributed by atoms with Gasteiger partial charge in [-0.15, -0.1) is 0 Å². The third-order valence-electron chi connectivity index (χ3n) is 2.58. The summed E-state index contributed by atoms with van der Waals surface area (Å²) < 4.78 is 0. The predicted octanol–water partition coefficient (Wildman–Crippen LogP) is 1.95. The maximum absolute atomic E-state index is 11.1. The highest BCUT2D eigenvalue weighted by molar-refractivity contribution is 5.95. The first-order chi connectivity index (χ1) is 9.38. The molecule has 0 saturated heterocycles. The summed E-state index contributed by atoms with van der Waals surface area (Å²) in [6, 6.07) is 5.92. The number of hydrogen-bond acceptors (Lipinski definition) is 6. The Bertz CT molecular complexity index is 660. The van der Waals surface area contributed by atoms with E-state index in [4.69, 9.17) is 5.11 Å². The lowest BCUT2D eigenvalue weighted by Crippen LogP contribution is -2.02. The fourth-order valence-electron chi connectivity index (χ4n) is 1.65. The molecule has 6 N–H and O–H groups in total. The average molecular weight is 277 g/mol. The van der Waals surface area contributed by atoms with E-state index in [1.807, 2.05) is 0 Å². The lowest BCUT2D eigenvalue weighted by molar-refractivity contribution is 0.0697. The first kappa shape index (κ1) is 13.3. The van der Waals surface area contributed by atoms with Crippen LogP contribution in [0, 0.1) is 0 Å². The van der Waals surface area contributed by atoms with E-state index in [1.54, 1.807) is 0 Å². The minimum atomic E-state index is -1.25. The van der Waals surface area contributed by atoms with Crippen LogP contribution in [0.1, 0.15) is 10.4 Å². The topological polar surface area (TPSA) is 130 Å². The molecule has 0 spiro atoms. The maximum Gasteiger partial charge on any atom is 0.337 e. The number of aromatic carboxylic acids is 1. The van der Waals surface area contributed by atoms with E-state index in [2.05, 4.69) is 5.32 Å². The standard InChI is InChI=1S/C13H11NO6/c15-7-1-2-9(8(5-7)13(19)20)14-6-3-10(16)12(18)11(17)4-6/h1-5,14-18H,(H,19,20). The summed E-state index contributed by atoms with van der Waals surface area (Å²) in [5.74, 6) is -3.23. The summed E-state index contributed by atoms with van der Waals surface area (Å²) in [7, 11) is 0. The Hall–Kier alpha value is -3.09. The van der Waals surface area contributed by atoms with Gasteiger partial charge in [-0.3, -0.25) is 0 Å². The molecule has 0 fully saturated rings. The van der Waals surface area contributed by atoms with Crippen LogP contribution in [0.25, 0.3) is 0 Å². The average Bonchev–Trinajstić information content (AvgIpc) is 2.37. The van der Waals surface area contributed by atoms with E-state index in [-0.39, 0.29) is 22.7 Å². The molecule has 0 aromatic heterocycles. The molecular weight excluding hydrogens is 266 g/mol. The smallest absolute Gasteiger partial charge is 0.337 e. The second kappa shape index (κ2) is 4.88. The number of carboxylic acid groups (broad SMARTS) is 1. The van der Waals surface area contributed by atoms with Gasteiger partial charge in [0.2, 0.25) is 0 Å². The zero-order chi connectivity index (χ0) is 14.9. The fraction of sp³-hybridized carbons (Fsp3) is 0. The summed E-state index contributed by atoms with van der Waals surface area (Å²) >= 11 is 0. The van der Waals surface area contributed by atoms with Crippen molar-refractivity contribution in [3.05, 3.63) is 35.9 Å². The molecule has 0 aliphatic carbocycles. The number of phenolic OH excluding ortho intramolecular Hbond substituents is 4. The van der Waals surface area contributed by atoms with Crippen molar-refractivity contribution >= 4 is 17.3 Å². The van der Waals surface area contributed by atoms with E-state index in [0.29, 0.717) is 0 Å². The van der Waals surface area contributed by atoms with Crippen LogP contribution in [0.15, 0.2) is 30.3 Å². The highest BCUT2D eigenvalue weighted by Crippen LogP contribution is 2.38. The van der Waals surface area contributed by atoms with Crippen molar-refractivity contribution in [3.8, 4) is 23.0 Å². The molecule has 0 atom stereocenters. The minimum absolute atomic E-state index is 0.153. The lowest BCUT2D eigenvalue weighted by atomic mass is 10.1. The van der Waals surface area contributed by atoms with Gasteiger partial charge in [-0.25, -0.2) is 4.79 Å². The number of carbonyl (C=O) groups is 1. The Balaban J connectivity index is 2.42. The summed E-state index contributed by atoms with van der Waals surface area (Å²) in [5, 5.41) is 48.9. The number of rotatable bonds is 3. The van der Waals surface area contributed by atoms with Gasteiger partial charge in [0.1, 0.15) is 5.75 Å². The monoisotopic (exact) mass is 277 g/mol. The largest absolute Gasteiger partial charge is 0.508 e. The molecule has 7 heteroatoms. The second-order valence-electron chi connectivity index (χ2n) is 4.02. The van der Waals surface area contributed by atoms with Crippen molar-refractivity contribution < 1.29 is 30.3 Å². The van der Waals surface area contributed by atoms with Crippen LogP contribution in [0.2, 0.25) is 0 Å². The Labute approximate surface area is 113 Å². The van der Waals surface area contributed by atoms with Gasteiger partial charge in [-0.1, -0.05) is 0 Å². The van der Waals surface area contributed by atoms with Crippen molar-refractivity contribution in [2.45, 2.75) is 0 Å². The number of benzene rings is 2. The molecule has 0 saturated carbocycles. The minimum Gasteiger partial charge on any atom is -0.508 e. The van der Waals surface area contributed by atoms with Gasteiger partial charge in [-0.2, -0.15) is 0 Å². The Morgan fingerprint density at radius 2 is 1.55 bits per heavy atom. The van der Waals surface area contributed by atoms with Crippen LogP contribution in [-0.2, 0) is 0 Å². The first-order valence-corrected chi connectivity index (χ1v) is 5.46. The molecule has 2 rings (SSSR count). The van der Waals surface area contributed by atoms with Gasteiger partial charge >= 0.3 is 5.97 Å². The van der Waals surface area contributed by atoms with E-state index in [1.165, 1.54) is 12.1 Å². The van der Waals surface area contributed by atoms with Crippen molar-refractivity contribution in [1.82, 2.24) is 0 Å². The molecule has 2 aromatic rings. The normalized spacial score (nSPS) is 10.2. The van der Waals surface area contributed by atoms with E-state index < -0.39 is 23.2 Å². The third-order valence-corrected chi connectivity index (χ3v) is 2.58. The molecule has 7 nitrogen and oxygen atoms in total. The highest BCUT2D eigenvalue weighted by atomic mass is 16.4. The number of hydrogen-bond donors (Lipinski definition) is 6. The van der Waals surface area contributed by atoms with E-state index >= 15 is 0 Å². The summed E-state index contributed by atoms with van der Waals surface area (Å²) in [6.07, 6.45) is 0. The molecule has 0 aliphatic heterocycles. The Morgan fingerprint density at radius 3 is 2.10 bits per heavy atom. The molecule has 0 heterocycles. The molecule has 2 aromatic carbocycles. The van der Waals surface area contributed by atoms with Crippen LogP contribution < -0.4 is 5.32 Å². The summed E-state index contributed by atoms with van der Waals surface area (Å²) in [4.78, 5) is 11.1. The zero-order valence-corrected chi connectivity index (χ0v) is 10.0. The van der Waals surface area contributed by atoms with Crippen LogP contribution >= 0.6 is 0 Å². The molecule has 0 radical (unpaired) electrons. The van der Waals surface area contributed by atoms with Crippen LogP contribution in [0.3, 0.4) is 0 Å². The second-order valence-corrected chi connectivity index (χ2v) is 4.02. The third kappa shape index (κ3) is 2.51. The number of carboxylic acids is 1. The number of anilines is 2. The Morgan fingerprint density at radius 1 is 0.950 bits per heavy atom. The SMILES string of the molecule is O=C(O)c1cc(O)ccc1Nc1cc(O)c(O)c(O)c1. The van der Waals surface area contributed by atoms with Crippen LogP contribution in [-0.4, -0.2) is 31.5 Å². The van der Waals surface area contributed by atoms with Gasteiger partial charge in [0.25, 0.3) is 0 Å². The maximum atomic E-state index is 11.1. The quantitative estimate of drug-likeness (QED) is 0.373. The lowest BCUT2D eigenvalue weighted by Gasteiger charge is -2.11. The first-order valence-electron chi connectivity index (χ1n) is 5.46.